The van der Waals surface area contributed by atoms with Crippen molar-refractivity contribution < 1.29 is 14.4 Å². The second-order valence-corrected chi connectivity index (χ2v) is 8.66. The van der Waals surface area contributed by atoms with Gasteiger partial charge < -0.3 is 9.88 Å². The van der Waals surface area contributed by atoms with Crippen LogP contribution < -0.4 is 5.32 Å². The van der Waals surface area contributed by atoms with Gasteiger partial charge in [0.25, 0.3) is 5.91 Å². The molecule has 1 aliphatic carbocycles. The third-order valence-electron chi connectivity index (χ3n) is 6.78. The van der Waals surface area contributed by atoms with E-state index >= 15 is 0 Å². The summed E-state index contributed by atoms with van der Waals surface area (Å²) in [5.41, 5.74) is 4.36. The zero-order valence-corrected chi connectivity index (χ0v) is 18.2. The Bertz CT molecular complexity index is 1240. The lowest BCUT2D eigenvalue weighted by atomic mass is 9.92. The van der Waals surface area contributed by atoms with Crippen molar-refractivity contribution in [2.24, 2.45) is 0 Å². The minimum absolute atomic E-state index is 0.232. The van der Waals surface area contributed by atoms with Crippen LogP contribution in [0, 0.1) is 13.8 Å². The van der Waals surface area contributed by atoms with Gasteiger partial charge in [-0.25, -0.2) is 4.79 Å². The molecule has 0 radical (unpaired) electrons. The first-order valence-corrected chi connectivity index (χ1v) is 10.9. The first-order chi connectivity index (χ1) is 15.4. The van der Waals surface area contributed by atoms with E-state index in [2.05, 4.69) is 9.88 Å². The number of ketones is 1. The molecule has 1 spiro atoms. The van der Waals surface area contributed by atoms with Crippen LogP contribution in [0.3, 0.4) is 0 Å². The standard InChI is InChI=1S/C26H25N3O3/c1-17-14-21(18(2)28(17)15-19-8-4-3-5-9-19)23(30)16-29-24(31)26(27-25(29)32)13-12-20-10-6-7-11-22(20)26/h3-11,14H,12-13,15-16H2,1-2H3,(H,27,32). The zero-order chi connectivity index (χ0) is 22.5. The average molecular weight is 428 g/mol. The number of aryl methyl sites for hydroxylation is 2. The molecule has 3 amide bonds. The minimum Gasteiger partial charge on any atom is -0.344 e. The van der Waals surface area contributed by atoms with Gasteiger partial charge in [0.2, 0.25) is 0 Å². The number of fused-ring (bicyclic) bond motifs is 2. The molecule has 1 N–H and O–H groups in total. The number of nitrogens with zero attached hydrogens (tertiary/aromatic N) is 2. The number of Topliss-reactive ketones (excluding diaryl/α,β-unsaturated/α-hetero) is 1. The number of hydrogen-bond donors (Lipinski definition) is 1. The second kappa shape index (κ2) is 7.48. The van der Waals surface area contributed by atoms with Crippen LogP contribution in [0.15, 0.2) is 60.7 Å². The van der Waals surface area contributed by atoms with Crippen LogP contribution in [0.4, 0.5) is 4.79 Å². The highest BCUT2D eigenvalue weighted by Gasteiger charge is 2.55. The number of carbonyl (C=O) groups is 3. The van der Waals surface area contributed by atoms with E-state index in [-0.39, 0.29) is 18.2 Å². The Hall–Kier alpha value is -3.67. The summed E-state index contributed by atoms with van der Waals surface area (Å²) in [6.45, 7) is 4.27. The normalized spacial score (nSPS) is 19.5. The van der Waals surface area contributed by atoms with E-state index in [4.69, 9.17) is 0 Å². The van der Waals surface area contributed by atoms with Crippen LogP contribution in [0.5, 0.6) is 0 Å². The van der Waals surface area contributed by atoms with Crippen molar-refractivity contribution in [1.82, 2.24) is 14.8 Å². The molecule has 2 aromatic carbocycles. The molecule has 1 unspecified atom stereocenters. The molecule has 1 atom stereocenters. The van der Waals surface area contributed by atoms with Gasteiger partial charge in [0.15, 0.2) is 5.78 Å². The summed E-state index contributed by atoms with van der Waals surface area (Å²) in [5, 5.41) is 2.89. The zero-order valence-electron chi connectivity index (χ0n) is 18.2. The summed E-state index contributed by atoms with van der Waals surface area (Å²) in [6.07, 6.45) is 1.25. The Morgan fingerprint density at radius 3 is 2.53 bits per heavy atom. The fourth-order valence-electron chi connectivity index (χ4n) is 5.05. The first kappa shape index (κ1) is 20.2. The van der Waals surface area contributed by atoms with Crippen molar-refractivity contribution in [3.63, 3.8) is 0 Å². The maximum atomic E-state index is 13.4. The molecule has 2 heterocycles. The summed E-state index contributed by atoms with van der Waals surface area (Å²) in [5.74, 6) is -0.567. The van der Waals surface area contributed by atoms with E-state index in [0.717, 1.165) is 39.4 Å². The van der Waals surface area contributed by atoms with E-state index in [0.29, 0.717) is 18.5 Å². The van der Waals surface area contributed by atoms with Crippen LogP contribution >= 0.6 is 0 Å². The monoisotopic (exact) mass is 427 g/mol. The molecular formula is C26H25N3O3. The van der Waals surface area contributed by atoms with Crippen LogP contribution in [-0.4, -0.2) is 33.7 Å². The number of urea groups is 1. The highest BCUT2D eigenvalue weighted by molar-refractivity contribution is 6.12. The molecule has 0 bridgehead atoms. The maximum Gasteiger partial charge on any atom is 0.325 e. The van der Waals surface area contributed by atoms with Gasteiger partial charge in [0.1, 0.15) is 5.54 Å². The van der Waals surface area contributed by atoms with Crippen LogP contribution in [-0.2, 0) is 23.3 Å². The maximum absolute atomic E-state index is 13.4. The lowest BCUT2D eigenvalue weighted by Gasteiger charge is -2.22. The van der Waals surface area contributed by atoms with E-state index in [1.54, 1.807) is 0 Å². The van der Waals surface area contributed by atoms with Crippen molar-refractivity contribution >= 4 is 17.7 Å². The molecule has 1 saturated heterocycles. The molecule has 6 nitrogen and oxygen atoms in total. The summed E-state index contributed by atoms with van der Waals surface area (Å²) < 4.78 is 2.09. The molecule has 3 aromatic rings. The summed E-state index contributed by atoms with van der Waals surface area (Å²) in [7, 11) is 0. The number of carbonyl (C=O) groups excluding carboxylic acids is 3. The Morgan fingerprint density at radius 1 is 1.03 bits per heavy atom. The number of nitrogens with one attached hydrogen (secondary N) is 1. The molecule has 2 aliphatic rings. The summed E-state index contributed by atoms with van der Waals surface area (Å²) >= 11 is 0. The van der Waals surface area contributed by atoms with E-state index in [1.165, 1.54) is 0 Å². The van der Waals surface area contributed by atoms with Crippen molar-refractivity contribution in [3.8, 4) is 0 Å². The van der Waals surface area contributed by atoms with Gasteiger partial charge in [-0.05, 0) is 49.4 Å². The minimum atomic E-state index is -1.04. The highest BCUT2D eigenvalue weighted by Crippen LogP contribution is 2.41. The average Bonchev–Trinajstić information content (AvgIpc) is 3.39. The van der Waals surface area contributed by atoms with Gasteiger partial charge in [-0.1, -0.05) is 54.6 Å². The van der Waals surface area contributed by atoms with Crippen LogP contribution in [0.1, 0.15) is 44.9 Å². The van der Waals surface area contributed by atoms with Crippen LogP contribution in [0.25, 0.3) is 0 Å². The Balaban J connectivity index is 1.39. The fraction of sp³-hybridized carbons (Fsp3) is 0.269. The third kappa shape index (κ3) is 3.06. The summed E-state index contributed by atoms with van der Waals surface area (Å²) in [6, 6.07) is 19.1. The number of rotatable bonds is 5. The number of aromatic nitrogens is 1. The fourth-order valence-corrected chi connectivity index (χ4v) is 5.05. The molecule has 32 heavy (non-hydrogen) atoms. The largest absolute Gasteiger partial charge is 0.344 e. The Morgan fingerprint density at radius 2 is 1.75 bits per heavy atom. The number of hydrogen-bond acceptors (Lipinski definition) is 3. The van der Waals surface area contributed by atoms with Gasteiger partial charge in [-0.2, -0.15) is 0 Å². The molecule has 5 rings (SSSR count). The molecule has 1 aliphatic heterocycles. The second-order valence-electron chi connectivity index (χ2n) is 8.66. The van der Waals surface area contributed by atoms with E-state index < -0.39 is 11.6 Å². The van der Waals surface area contributed by atoms with Gasteiger partial charge in [-0.3, -0.25) is 14.5 Å². The Kier molecular flexibility index (Phi) is 4.73. The van der Waals surface area contributed by atoms with Gasteiger partial charge in [-0.15, -0.1) is 0 Å². The molecule has 0 saturated carbocycles. The molecular weight excluding hydrogens is 402 g/mol. The SMILES string of the molecule is Cc1cc(C(=O)CN2C(=O)NC3(CCc4ccccc43)C2=O)c(C)n1Cc1ccccc1. The number of benzene rings is 2. The first-order valence-electron chi connectivity index (χ1n) is 10.9. The molecule has 6 heteroatoms. The quantitative estimate of drug-likeness (QED) is 0.498. The highest BCUT2D eigenvalue weighted by atomic mass is 16.2. The van der Waals surface area contributed by atoms with Crippen molar-refractivity contribution in [3.05, 3.63) is 94.3 Å². The smallest absolute Gasteiger partial charge is 0.325 e. The Labute approximate surface area is 186 Å². The van der Waals surface area contributed by atoms with Gasteiger partial charge in [0, 0.05) is 23.5 Å². The van der Waals surface area contributed by atoms with Gasteiger partial charge in [0.05, 0.1) is 6.54 Å². The lowest BCUT2D eigenvalue weighted by Crippen LogP contribution is -2.42. The molecule has 1 aromatic heterocycles. The number of amides is 3. The predicted molar refractivity (Wildman–Crippen MR) is 120 cm³/mol. The van der Waals surface area contributed by atoms with E-state index in [1.807, 2.05) is 74.5 Å². The predicted octanol–water partition coefficient (Wildman–Crippen LogP) is 3.73. The molecule has 1 fully saturated rings. The molecule has 162 valence electrons. The van der Waals surface area contributed by atoms with Gasteiger partial charge >= 0.3 is 6.03 Å². The van der Waals surface area contributed by atoms with Crippen molar-refractivity contribution in [2.45, 2.75) is 38.8 Å². The van der Waals surface area contributed by atoms with Crippen molar-refractivity contribution in [1.29, 1.82) is 0 Å². The number of imide groups is 1. The summed E-state index contributed by atoms with van der Waals surface area (Å²) in [4.78, 5) is 40.4. The van der Waals surface area contributed by atoms with Crippen LogP contribution in [0.2, 0.25) is 0 Å². The third-order valence-corrected chi connectivity index (χ3v) is 6.78. The lowest BCUT2D eigenvalue weighted by molar-refractivity contribution is -0.131. The van der Waals surface area contributed by atoms with E-state index in [9.17, 15) is 14.4 Å². The topological polar surface area (TPSA) is 71.4 Å². The van der Waals surface area contributed by atoms with Crippen molar-refractivity contribution in [2.75, 3.05) is 6.54 Å².